The van der Waals surface area contributed by atoms with Gasteiger partial charge in [0.2, 0.25) is 11.7 Å². The van der Waals surface area contributed by atoms with Gasteiger partial charge < -0.3 is 19.5 Å². The Kier molecular flexibility index (Phi) is 8.54. The predicted octanol–water partition coefficient (Wildman–Crippen LogP) is 3.00. The van der Waals surface area contributed by atoms with Crippen LogP contribution in [-0.2, 0) is 9.59 Å². The second-order valence-electron chi connectivity index (χ2n) is 5.97. The highest BCUT2D eigenvalue weighted by Gasteiger charge is 2.34. The Labute approximate surface area is 179 Å². The third-order valence-corrected chi connectivity index (χ3v) is 4.95. The fourth-order valence-electron chi connectivity index (χ4n) is 2.63. The molecule has 0 bridgehead atoms. The summed E-state index contributed by atoms with van der Waals surface area (Å²) in [4.78, 5) is 37.9. The third-order valence-electron chi connectivity index (χ3n) is 4.04. The van der Waals surface area contributed by atoms with E-state index in [1.807, 2.05) is 6.92 Å². The molecule has 160 valence electrons. The number of carbonyl (C=O) groups is 3. The zero-order chi connectivity index (χ0) is 22.1. The summed E-state index contributed by atoms with van der Waals surface area (Å²) in [5.41, 5.74) is 0.623. The van der Waals surface area contributed by atoms with Gasteiger partial charge in [0.25, 0.3) is 11.1 Å². The van der Waals surface area contributed by atoms with Crippen LogP contribution in [0.2, 0.25) is 0 Å². The molecule has 0 aliphatic carbocycles. The van der Waals surface area contributed by atoms with E-state index in [-0.39, 0.29) is 23.9 Å². The van der Waals surface area contributed by atoms with Crippen molar-refractivity contribution in [1.29, 1.82) is 0 Å². The number of carbonyl (C=O) groups excluding carboxylic acids is 3. The van der Waals surface area contributed by atoms with E-state index in [0.29, 0.717) is 22.8 Å². The predicted molar refractivity (Wildman–Crippen MR) is 116 cm³/mol. The lowest BCUT2D eigenvalue weighted by Crippen LogP contribution is -2.36. The van der Waals surface area contributed by atoms with Crippen molar-refractivity contribution in [1.82, 2.24) is 10.2 Å². The van der Waals surface area contributed by atoms with Crippen LogP contribution in [0.1, 0.15) is 12.5 Å². The van der Waals surface area contributed by atoms with E-state index in [2.05, 4.69) is 5.32 Å². The Hall–Kier alpha value is -3.20. The summed E-state index contributed by atoms with van der Waals surface area (Å²) in [6.45, 7) is 2.09. The van der Waals surface area contributed by atoms with Crippen LogP contribution in [0.4, 0.5) is 4.79 Å². The van der Waals surface area contributed by atoms with Crippen molar-refractivity contribution >= 4 is 34.9 Å². The molecule has 1 aromatic carbocycles. The van der Waals surface area contributed by atoms with Crippen LogP contribution in [-0.4, -0.2) is 56.4 Å². The van der Waals surface area contributed by atoms with Gasteiger partial charge in [0.05, 0.1) is 26.2 Å². The fourth-order valence-corrected chi connectivity index (χ4v) is 3.50. The van der Waals surface area contributed by atoms with Crippen molar-refractivity contribution in [2.24, 2.45) is 0 Å². The molecule has 1 N–H and O–H groups in total. The summed E-state index contributed by atoms with van der Waals surface area (Å²) in [6, 6.07) is 3.37. The van der Waals surface area contributed by atoms with E-state index in [1.165, 1.54) is 27.4 Å². The van der Waals surface area contributed by atoms with Gasteiger partial charge in [0.15, 0.2) is 11.5 Å². The monoisotopic (exact) mass is 432 g/mol. The number of hydrogen-bond donors (Lipinski definition) is 1. The maximum absolute atomic E-state index is 12.6. The lowest BCUT2D eigenvalue weighted by Gasteiger charge is -2.13. The topological polar surface area (TPSA) is 94.2 Å². The Bertz CT molecular complexity index is 882. The number of ether oxygens (including phenoxy) is 3. The van der Waals surface area contributed by atoms with E-state index in [9.17, 15) is 14.4 Å². The Morgan fingerprint density at radius 3 is 2.33 bits per heavy atom. The van der Waals surface area contributed by atoms with Crippen molar-refractivity contribution < 1.29 is 28.6 Å². The molecule has 0 unspecified atom stereocenters. The van der Waals surface area contributed by atoms with Crippen molar-refractivity contribution in [3.05, 3.63) is 46.9 Å². The average molecular weight is 432 g/mol. The minimum atomic E-state index is -0.419. The minimum Gasteiger partial charge on any atom is -0.493 e. The van der Waals surface area contributed by atoms with Crippen molar-refractivity contribution in [2.45, 2.75) is 6.92 Å². The smallest absolute Gasteiger partial charge is 0.293 e. The van der Waals surface area contributed by atoms with Crippen LogP contribution in [0.15, 0.2) is 41.3 Å². The number of rotatable bonds is 9. The molecule has 1 aromatic rings. The molecule has 1 aliphatic rings. The number of allylic oxidation sites excluding steroid dienone is 3. The lowest BCUT2D eigenvalue weighted by molar-refractivity contribution is -0.123. The highest BCUT2D eigenvalue weighted by atomic mass is 32.2. The number of nitrogens with one attached hydrogen (secondary N) is 1. The van der Waals surface area contributed by atoms with Crippen LogP contribution in [0, 0.1) is 0 Å². The molecule has 8 nitrogen and oxygen atoms in total. The van der Waals surface area contributed by atoms with Crippen molar-refractivity contribution in [3.63, 3.8) is 0 Å². The highest BCUT2D eigenvalue weighted by Crippen LogP contribution is 2.40. The summed E-state index contributed by atoms with van der Waals surface area (Å²) in [5.74, 6) is 0.599. The van der Waals surface area contributed by atoms with Crippen LogP contribution < -0.4 is 19.5 Å². The first-order valence-corrected chi connectivity index (χ1v) is 9.89. The highest BCUT2D eigenvalue weighted by molar-refractivity contribution is 8.18. The molecule has 1 saturated heterocycles. The molecule has 0 radical (unpaired) electrons. The quantitative estimate of drug-likeness (QED) is 0.473. The van der Waals surface area contributed by atoms with Gasteiger partial charge in [0.1, 0.15) is 0 Å². The first-order chi connectivity index (χ1) is 14.4. The van der Waals surface area contributed by atoms with Gasteiger partial charge in [-0.2, -0.15) is 0 Å². The molecule has 0 atom stereocenters. The standard InChI is InChI=1S/C21H24N2O6S/c1-5-6-7-8-18(24)22-9-10-23-20(25)17(30-21(23)26)13-14-11-15(27-2)19(29-4)16(12-14)28-3/h5-8,11-13H,9-10H2,1-4H3,(H,22,24)/b6-5+,8-7+,17-13-. The zero-order valence-electron chi connectivity index (χ0n) is 17.3. The number of hydrogen-bond acceptors (Lipinski definition) is 7. The number of thioether (sulfide) groups is 1. The maximum atomic E-state index is 12.6. The normalized spacial score (nSPS) is 15.5. The number of methoxy groups -OCH3 is 3. The maximum Gasteiger partial charge on any atom is 0.293 e. The largest absolute Gasteiger partial charge is 0.493 e. The van der Waals surface area contributed by atoms with E-state index in [4.69, 9.17) is 14.2 Å². The first-order valence-electron chi connectivity index (χ1n) is 9.07. The second kappa shape index (κ2) is 11.1. The molecule has 3 amide bonds. The SMILES string of the molecule is C/C=C/C=C/C(=O)NCCN1C(=O)S/C(=C\c2cc(OC)c(OC)c(OC)c2)C1=O. The number of nitrogens with zero attached hydrogens (tertiary/aromatic N) is 1. The fraction of sp³-hybridized carbons (Fsp3) is 0.286. The van der Waals surface area contributed by atoms with E-state index in [1.54, 1.807) is 36.4 Å². The Morgan fingerprint density at radius 2 is 1.77 bits per heavy atom. The van der Waals surface area contributed by atoms with Crippen LogP contribution >= 0.6 is 11.8 Å². The molecule has 0 spiro atoms. The molecule has 9 heteroatoms. The van der Waals surface area contributed by atoms with Gasteiger partial charge in [0, 0.05) is 19.2 Å². The molecule has 2 rings (SSSR count). The van der Waals surface area contributed by atoms with Crippen LogP contribution in [0.5, 0.6) is 17.2 Å². The molecule has 30 heavy (non-hydrogen) atoms. The van der Waals surface area contributed by atoms with Gasteiger partial charge in [-0.1, -0.05) is 18.2 Å². The van der Waals surface area contributed by atoms with E-state index >= 15 is 0 Å². The minimum absolute atomic E-state index is 0.0838. The molecule has 1 aliphatic heterocycles. The second-order valence-corrected chi connectivity index (χ2v) is 6.96. The van der Waals surface area contributed by atoms with Crippen LogP contribution in [0.25, 0.3) is 6.08 Å². The number of imide groups is 1. The van der Waals surface area contributed by atoms with Crippen LogP contribution in [0.3, 0.4) is 0 Å². The van der Waals surface area contributed by atoms with Crippen molar-refractivity contribution in [2.75, 3.05) is 34.4 Å². The van der Waals surface area contributed by atoms with Gasteiger partial charge in [-0.3, -0.25) is 19.3 Å². The van der Waals surface area contributed by atoms with E-state index in [0.717, 1.165) is 16.7 Å². The molecule has 0 aromatic heterocycles. The van der Waals surface area contributed by atoms with Gasteiger partial charge in [-0.15, -0.1) is 0 Å². The van der Waals surface area contributed by atoms with Gasteiger partial charge >= 0.3 is 0 Å². The molecule has 0 saturated carbocycles. The number of amides is 3. The third kappa shape index (κ3) is 5.66. The summed E-state index contributed by atoms with van der Waals surface area (Å²) >= 11 is 0.839. The summed E-state index contributed by atoms with van der Waals surface area (Å²) < 4.78 is 15.9. The van der Waals surface area contributed by atoms with Gasteiger partial charge in [-0.05, 0) is 42.5 Å². The molecule has 1 heterocycles. The molecule has 1 fully saturated rings. The molecular formula is C21H24N2O6S. The van der Waals surface area contributed by atoms with E-state index < -0.39 is 11.1 Å². The number of benzene rings is 1. The summed E-state index contributed by atoms with van der Waals surface area (Å²) in [5, 5.41) is 2.24. The summed E-state index contributed by atoms with van der Waals surface area (Å²) in [6.07, 6.45) is 8.09. The summed E-state index contributed by atoms with van der Waals surface area (Å²) in [7, 11) is 4.49. The van der Waals surface area contributed by atoms with Gasteiger partial charge in [-0.25, -0.2) is 0 Å². The van der Waals surface area contributed by atoms with Crippen molar-refractivity contribution in [3.8, 4) is 17.2 Å². The zero-order valence-corrected chi connectivity index (χ0v) is 18.1. The molecular weight excluding hydrogens is 408 g/mol. The average Bonchev–Trinajstić information content (AvgIpc) is 3.00. The Morgan fingerprint density at radius 1 is 1.10 bits per heavy atom. The first kappa shape index (κ1) is 23.1. The Balaban J connectivity index is 2.10. The lowest BCUT2D eigenvalue weighted by atomic mass is 10.1.